The first kappa shape index (κ1) is 21.5. The second-order valence-corrected chi connectivity index (χ2v) is 9.53. The Morgan fingerprint density at radius 1 is 1.21 bits per heavy atom. The quantitative estimate of drug-likeness (QED) is 0.391. The van der Waals surface area contributed by atoms with Crippen LogP contribution < -0.4 is 16.2 Å². The first-order chi connectivity index (χ1) is 16.1. The van der Waals surface area contributed by atoms with Gasteiger partial charge in [0.25, 0.3) is 11.5 Å². The minimum Gasteiger partial charge on any atom is -0.467 e. The zero-order chi connectivity index (χ0) is 22.8. The summed E-state index contributed by atoms with van der Waals surface area (Å²) >= 11 is 1.43. The molecule has 8 heteroatoms. The Bertz CT molecular complexity index is 1300. The van der Waals surface area contributed by atoms with Crippen molar-refractivity contribution in [2.24, 2.45) is 5.92 Å². The van der Waals surface area contributed by atoms with E-state index in [-0.39, 0.29) is 18.0 Å². The predicted octanol–water partition coefficient (Wildman–Crippen LogP) is 5.26. The number of pyridine rings is 1. The number of anilines is 2. The zero-order valence-corrected chi connectivity index (χ0v) is 19.3. The fourth-order valence-electron chi connectivity index (χ4n) is 4.50. The number of benzene rings is 1. The van der Waals surface area contributed by atoms with Gasteiger partial charge in [0.15, 0.2) is 5.13 Å². The lowest BCUT2D eigenvalue weighted by atomic mass is 10.1. The van der Waals surface area contributed by atoms with Crippen molar-refractivity contribution in [2.75, 3.05) is 17.2 Å². The standard InChI is InChI=1S/C25H26N4O3S/c1-16-23(24(31)28-25-27-19-10-4-5-11-21(19)33-25)20(26-14-17-7-2-3-8-17)13-22(30)29(16)15-18-9-6-12-32-18/h4-6,9-13,17,26H,2-3,7-8,14-15H2,1H3,(H,27,28,31). The second kappa shape index (κ2) is 9.23. The van der Waals surface area contributed by atoms with E-state index in [1.165, 1.54) is 43.1 Å². The van der Waals surface area contributed by atoms with Crippen molar-refractivity contribution in [1.82, 2.24) is 9.55 Å². The maximum Gasteiger partial charge on any atom is 0.261 e. The van der Waals surface area contributed by atoms with Gasteiger partial charge in [-0.1, -0.05) is 36.3 Å². The summed E-state index contributed by atoms with van der Waals surface area (Å²) in [5.41, 5.74) is 2.29. The van der Waals surface area contributed by atoms with Crippen LogP contribution in [0.4, 0.5) is 10.8 Å². The number of para-hydroxylation sites is 1. The van der Waals surface area contributed by atoms with E-state index in [1.54, 1.807) is 23.8 Å². The van der Waals surface area contributed by atoms with Crippen LogP contribution in [0, 0.1) is 12.8 Å². The van der Waals surface area contributed by atoms with E-state index in [0.29, 0.717) is 33.8 Å². The summed E-state index contributed by atoms with van der Waals surface area (Å²) in [5.74, 6) is 0.939. The number of fused-ring (bicyclic) bond motifs is 1. The van der Waals surface area contributed by atoms with Crippen LogP contribution in [0.5, 0.6) is 0 Å². The summed E-state index contributed by atoms with van der Waals surface area (Å²) in [6, 6.07) is 12.9. The van der Waals surface area contributed by atoms with Crippen LogP contribution in [0.2, 0.25) is 0 Å². The number of hydrogen-bond acceptors (Lipinski definition) is 6. The Morgan fingerprint density at radius 3 is 2.79 bits per heavy atom. The molecule has 4 aromatic rings. The fourth-order valence-corrected chi connectivity index (χ4v) is 5.36. The molecule has 1 aliphatic carbocycles. The predicted molar refractivity (Wildman–Crippen MR) is 131 cm³/mol. The van der Waals surface area contributed by atoms with Gasteiger partial charge in [0.1, 0.15) is 5.76 Å². The van der Waals surface area contributed by atoms with Crippen molar-refractivity contribution in [1.29, 1.82) is 0 Å². The third-order valence-electron chi connectivity index (χ3n) is 6.26. The van der Waals surface area contributed by atoms with Crippen molar-refractivity contribution in [3.05, 3.63) is 76.1 Å². The Balaban J connectivity index is 1.49. The molecule has 33 heavy (non-hydrogen) atoms. The Labute approximate surface area is 195 Å². The lowest BCUT2D eigenvalue weighted by Gasteiger charge is -2.19. The van der Waals surface area contributed by atoms with E-state index in [9.17, 15) is 9.59 Å². The lowest BCUT2D eigenvalue weighted by Crippen LogP contribution is -2.29. The Hall–Kier alpha value is -3.39. The molecule has 1 amide bonds. The molecule has 0 radical (unpaired) electrons. The van der Waals surface area contributed by atoms with Crippen LogP contribution >= 0.6 is 11.3 Å². The molecule has 0 spiro atoms. The van der Waals surface area contributed by atoms with Crippen LogP contribution in [0.15, 0.2) is 57.9 Å². The molecule has 170 valence electrons. The first-order valence-corrected chi connectivity index (χ1v) is 12.1. The van der Waals surface area contributed by atoms with Gasteiger partial charge in [-0.25, -0.2) is 4.98 Å². The minimum atomic E-state index is -0.284. The minimum absolute atomic E-state index is 0.172. The third-order valence-corrected chi connectivity index (χ3v) is 7.21. The highest BCUT2D eigenvalue weighted by molar-refractivity contribution is 7.22. The number of furan rings is 1. The maximum atomic E-state index is 13.5. The smallest absolute Gasteiger partial charge is 0.261 e. The number of nitrogens with one attached hydrogen (secondary N) is 2. The number of carbonyl (C=O) groups excluding carboxylic acids is 1. The number of aromatic nitrogens is 2. The average Bonchev–Trinajstić information content (AvgIpc) is 3.56. The molecule has 3 heterocycles. The zero-order valence-electron chi connectivity index (χ0n) is 18.5. The van der Waals surface area contributed by atoms with Gasteiger partial charge in [0, 0.05) is 18.3 Å². The number of carbonyl (C=O) groups is 1. The van der Waals surface area contributed by atoms with Crippen LogP contribution in [0.3, 0.4) is 0 Å². The van der Waals surface area contributed by atoms with Crippen molar-refractivity contribution < 1.29 is 9.21 Å². The van der Waals surface area contributed by atoms with E-state index < -0.39 is 0 Å². The summed E-state index contributed by atoms with van der Waals surface area (Å²) in [5, 5.41) is 6.89. The van der Waals surface area contributed by atoms with Gasteiger partial charge in [-0.3, -0.25) is 14.9 Å². The van der Waals surface area contributed by atoms with Crippen LogP contribution in [0.25, 0.3) is 10.2 Å². The Morgan fingerprint density at radius 2 is 2.03 bits per heavy atom. The van der Waals surface area contributed by atoms with E-state index in [2.05, 4.69) is 15.6 Å². The SMILES string of the molecule is Cc1c(C(=O)Nc2nc3ccccc3s2)c(NCC2CCCC2)cc(=O)n1Cc1ccco1. The Kier molecular flexibility index (Phi) is 6.00. The topological polar surface area (TPSA) is 89.2 Å². The highest BCUT2D eigenvalue weighted by atomic mass is 32.1. The molecular weight excluding hydrogens is 436 g/mol. The van der Waals surface area contributed by atoms with Gasteiger partial charge in [-0.15, -0.1) is 0 Å². The average molecular weight is 463 g/mol. The molecule has 0 saturated heterocycles. The molecule has 0 aliphatic heterocycles. The molecule has 7 nitrogen and oxygen atoms in total. The maximum absolute atomic E-state index is 13.5. The molecular formula is C25H26N4O3S. The van der Waals surface area contributed by atoms with Gasteiger partial charge in [0.05, 0.1) is 34.3 Å². The van der Waals surface area contributed by atoms with Crippen molar-refractivity contribution in [3.63, 3.8) is 0 Å². The highest BCUT2D eigenvalue weighted by Gasteiger charge is 2.22. The molecule has 2 N–H and O–H groups in total. The summed E-state index contributed by atoms with van der Waals surface area (Å²) in [6.07, 6.45) is 6.40. The van der Waals surface area contributed by atoms with Gasteiger partial charge in [0.2, 0.25) is 0 Å². The molecule has 0 atom stereocenters. The number of amides is 1. The molecule has 1 fully saturated rings. The van der Waals surface area contributed by atoms with Crippen molar-refractivity contribution in [2.45, 2.75) is 39.2 Å². The van der Waals surface area contributed by atoms with E-state index in [0.717, 1.165) is 16.8 Å². The number of nitrogens with zero attached hydrogens (tertiary/aromatic N) is 2. The van der Waals surface area contributed by atoms with Crippen molar-refractivity contribution >= 4 is 38.3 Å². The molecule has 1 aromatic carbocycles. The highest BCUT2D eigenvalue weighted by Crippen LogP contribution is 2.29. The van der Waals surface area contributed by atoms with E-state index in [1.807, 2.05) is 30.3 Å². The van der Waals surface area contributed by atoms with E-state index in [4.69, 9.17) is 4.42 Å². The summed E-state index contributed by atoms with van der Waals surface area (Å²) in [4.78, 5) is 31.0. The van der Waals surface area contributed by atoms with E-state index >= 15 is 0 Å². The monoisotopic (exact) mass is 462 g/mol. The molecule has 5 rings (SSSR count). The van der Waals surface area contributed by atoms with Crippen LogP contribution in [0.1, 0.15) is 47.5 Å². The molecule has 3 aromatic heterocycles. The fraction of sp³-hybridized carbons (Fsp3) is 0.320. The van der Waals surface area contributed by atoms with Crippen molar-refractivity contribution in [3.8, 4) is 0 Å². The summed E-state index contributed by atoms with van der Waals surface area (Å²) < 4.78 is 8.02. The normalized spacial score (nSPS) is 14.1. The van der Waals surface area contributed by atoms with Gasteiger partial charge in [-0.05, 0) is 49.9 Å². The van der Waals surface area contributed by atoms with Gasteiger partial charge >= 0.3 is 0 Å². The van der Waals surface area contributed by atoms with Gasteiger partial charge in [-0.2, -0.15) is 0 Å². The van der Waals surface area contributed by atoms with Crippen LogP contribution in [-0.2, 0) is 6.54 Å². The van der Waals surface area contributed by atoms with Gasteiger partial charge < -0.3 is 14.3 Å². The molecule has 1 aliphatic rings. The molecule has 0 unspecified atom stereocenters. The molecule has 1 saturated carbocycles. The number of thiazole rings is 1. The second-order valence-electron chi connectivity index (χ2n) is 8.49. The molecule has 0 bridgehead atoms. The number of rotatable bonds is 7. The lowest BCUT2D eigenvalue weighted by molar-refractivity contribution is 0.102. The summed E-state index contributed by atoms with van der Waals surface area (Å²) in [7, 11) is 0. The largest absolute Gasteiger partial charge is 0.467 e. The third kappa shape index (κ3) is 4.57. The summed E-state index contributed by atoms with van der Waals surface area (Å²) in [6.45, 7) is 2.82. The van der Waals surface area contributed by atoms with Crippen LogP contribution in [-0.4, -0.2) is 22.0 Å². The first-order valence-electron chi connectivity index (χ1n) is 11.3. The number of hydrogen-bond donors (Lipinski definition) is 2.